The minimum atomic E-state index is -0.101. The molecule has 2 rings (SSSR count). The maximum Gasteiger partial charge on any atom is 0.308 e. The summed E-state index contributed by atoms with van der Waals surface area (Å²) >= 11 is 0. The van der Waals surface area contributed by atoms with Crippen molar-refractivity contribution in [3.8, 4) is 0 Å². The van der Waals surface area contributed by atoms with Gasteiger partial charge in [0.25, 0.3) is 0 Å². The van der Waals surface area contributed by atoms with E-state index in [-0.39, 0.29) is 30.0 Å². The highest BCUT2D eigenvalue weighted by atomic mass is 16.5. The Hall–Kier alpha value is -1.87. The summed E-state index contributed by atoms with van der Waals surface area (Å²) in [6.45, 7) is 6.76. The lowest BCUT2D eigenvalue weighted by atomic mass is 9.89. The molecular weight excluding hydrogens is 286 g/mol. The molecule has 0 saturated carbocycles. The molecule has 124 valence electrons. The first kappa shape index (κ1) is 17.5. The summed E-state index contributed by atoms with van der Waals surface area (Å²) in [5.74, 6) is 0.100. The van der Waals surface area contributed by atoms with Crippen molar-refractivity contribution in [2.24, 2.45) is 11.8 Å². The molecule has 1 aliphatic rings. The van der Waals surface area contributed by atoms with E-state index in [9.17, 15) is 4.79 Å². The Morgan fingerprint density at radius 2 is 2.00 bits per heavy atom. The SMILES string of the molecule is CC(C)C(=O)OC1CCNC(/C=C/C=C/c2ccccc2)C1C. The van der Waals surface area contributed by atoms with E-state index in [4.69, 9.17) is 4.74 Å². The Bertz CT molecular complexity index is 548. The third-order valence-corrected chi connectivity index (χ3v) is 4.22. The Balaban J connectivity index is 1.90. The van der Waals surface area contributed by atoms with Crippen molar-refractivity contribution >= 4 is 12.0 Å². The molecule has 1 aliphatic heterocycles. The molecular formula is C20H27NO2. The van der Waals surface area contributed by atoms with Crippen LogP contribution in [0.15, 0.2) is 48.6 Å². The molecule has 3 unspecified atom stereocenters. The van der Waals surface area contributed by atoms with E-state index in [0.717, 1.165) is 13.0 Å². The van der Waals surface area contributed by atoms with Gasteiger partial charge in [0.1, 0.15) is 6.10 Å². The van der Waals surface area contributed by atoms with Gasteiger partial charge < -0.3 is 10.1 Å². The molecule has 3 nitrogen and oxygen atoms in total. The fraction of sp³-hybridized carbons (Fsp3) is 0.450. The molecule has 0 bridgehead atoms. The summed E-state index contributed by atoms with van der Waals surface area (Å²) in [6.07, 6.45) is 9.23. The van der Waals surface area contributed by atoms with Crippen LogP contribution in [0.4, 0.5) is 0 Å². The molecule has 3 atom stereocenters. The van der Waals surface area contributed by atoms with Crippen molar-refractivity contribution in [1.82, 2.24) is 5.32 Å². The third kappa shape index (κ3) is 5.36. The van der Waals surface area contributed by atoms with Gasteiger partial charge in [-0.1, -0.05) is 75.4 Å². The van der Waals surface area contributed by atoms with Crippen molar-refractivity contribution in [2.45, 2.75) is 39.3 Å². The number of ether oxygens (including phenoxy) is 1. The van der Waals surface area contributed by atoms with Gasteiger partial charge in [0, 0.05) is 12.0 Å². The number of hydrogen-bond acceptors (Lipinski definition) is 3. The highest BCUT2D eigenvalue weighted by molar-refractivity contribution is 5.71. The summed E-state index contributed by atoms with van der Waals surface area (Å²) in [5.41, 5.74) is 1.19. The lowest BCUT2D eigenvalue weighted by molar-refractivity contribution is -0.157. The van der Waals surface area contributed by atoms with Crippen LogP contribution in [-0.2, 0) is 9.53 Å². The van der Waals surface area contributed by atoms with E-state index < -0.39 is 0 Å². The topological polar surface area (TPSA) is 38.3 Å². The lowest BCUT2D eigenvalue weighted by Gasteiger charge is -2.35. The van der Waals surface area contributed by atoms with E-state index in [1.807, 2.05) is 38.1 Å². The molecule has 1 aromatic rings. The molecule has 1 fully saturated rings. The van der Waals surface area contributed by atoms with Gasteiger partial charge in [-0.2, -0.15) is 0 Å². The average molecular weight is 313 g/mol. The first-order valence-electron chi connectivity index (χ1n) is 8.41. The van der Waals surface area contributed by atoms with Gasteiger partial charge in [-0.3, -0.25) is 4.79 Å². The van der Waals surface area contributed by atoms with Crippen LogP contribution in [0.1, 0.15) is 32.8 Å². The van der Waals surface area contributed by atoms with E-state index in [1.54, 1.807) is 0 Å². The summed E-state index contributed by atoms with van der Waals surface area (Å²) < 4.78 is 5.64. The molecule has 0 aromatic heterocycles. The van der Waals surface area contributed by atoms with Crippen molar-refractivity contribution in [3.63, 3.8) is 0 Å². The van der Waals surface area contributed by atoms with Gasteiger partial charge >= 0.3 is 5.97 Å². The molecule has 1 saturated heterocycles. The Morgan fingerprint density at radius 1 is 1.26 bits per heavy atom. The van der Waals surface area contributed by atoms with Crippen LogP contribution in [0, 0.1) is 11.8 Å². The van der Waals surface area contributed by atoms with Crippen LogP contribution < -0.4 is 5.32 Å². The summed E-state index contributed by atoms with van der Waals surface area (Å²) in [7, 11) is 0. The van der Waals surface area contributed by atoms with E-state index >= 15 is 0 Å². The van der Waals surface area contributed by atoms with Crippen LogP contribution in [0.2, 0.25) is 0 Å². The normalized spacial score (nSPS) is 25.3. The van der Waals surface area contributed by atoms with Crippen molar-refractivity contribution < 1.29 is 9.53 Å². The smallest absolute Gasteiger partial charge is 0.308 e. The van der Waals surface area contributed by atoms with Gasteiger partial charge in [-0.25, -0.2) is 0 Å². The van der Waals surface area contributed by atoms with Crippen LogP contribution in [-0.4, -0.2) is 24.7 Å². The predicted octanol–water partition coefficient (Wildman–Crippen LogP) is 3.82. The van der Waals surface area contributed by atoms with Gasteiger partial charge in [-0.15, -0.1) is 0 Å². The minimum Gasteiger partial charge on any atom is -0.462 e. The molecule has 0 radical (unpaired) electrons. The second kappa shape index (κ2) is 8.68. The number of nitrogens with one attached hydrogen (secondary N) is 1. The van der Waals surface area contributed by atoms with Crippen LogP contribution in [0.25, 0.3) is 6.08 Å². The fourth-order valence-corrected chi connectivity index (χ4v) is 2.68. The number of carbonyl (C=O) groups excluding carboxylic acids is 1. The molecule has 1 N–H and O–H groups in total. The number of carbonyl (C=O) groups is 1. The maximum absolute atomic E-state index is 11.8. The lowest BCUT2D eigenvalue weighted by Crippen LogP contribution is -2.48. The van der Waals surface area contributed by atoms with Crippen LogP contribution in [0.3, 0.4) is 0 Å². The predicted molar refractivity (Wildman–Crippen MR) is 94.9 cm³/mol. The van der Waals surface area contributed by atoms with E-state index in [2.05, 4.69) is 42.6 Å². The summed E-state index contributed by atoms with van der Waals surface area (Å²) in [4.78, 5) is 11.8. The average Bonchev–Trinajstić information content (AvgIpc) is 2.55. The van der Waals surface area contributed by atoms with Crippen molar-refractivity contribution in [1.29, 1.82) is 0 Å². The third-order valence-electron chi connectivity index (χ3n) is 4.22. The second-order valence-corrected chi connectivity index (χ2v) is 6.41. The van der Waals surface area contributed by atoms with E-state index in [0.29, 0.717) is 0 Å². The number of esters is 1. The second-order valence-electron chi connectivity index (χ2n) is 6.41. The molecule has 1 aromatic carbocycles. The van der Waals surface area contributed by atoms with Gasteiger partial charge in [0.05, 0.1) is 5.92 Å². The van der Waals surface area contributed by atoms with Crippen molar-refractivity contribution in [2.75, 3.05) is 6.54 Å². The van der Waals surface area contributed by atoms with Crippen LogP contribution in [0.5, 0.6) is 0 Å². The molecule has 0 amide bonds. The Labute approximate surface area is 139 Å². The number of rotatable bonds is 5. The number of benzene rings is 1. The number of piperidine rings is 1. The summed E-state index contributed by atoms with van der Waals surface area (Å²) in [5, 5.41) is 3.49. The Morgan fingerprint density at radius 3 is 2.70 bits per heavy atom. The zero-order valence-corrected chi connectivity index (χ0v) is 14.2. The van der Waals surface area contributed by atoms with Gasteiger partial charge in [0.2, 0.25) is 0 Å². The van der Waals surface area contributed by atoms with Crippen molar-refractivity contribution in [3.05, 3.63) is 54.1 Å². The molecule has 0 spiro atoms. The number of hydrogen-bond donors (Lipinski definition) is 1. The maximum atomic E-state index is 11.8. The summed E-state index contributed by atoms with van der Waals surface area (Å²) in [6, 6.07) is 10.5. The zero-order valence-electron chi connectivity index (χ0n) is 14.2. The number of allylic oxidation sites excluding steroid dienone is 2. The molecule has 0 aliphatic carbocycles. The molecule has 23 heavy (non-hydrogen) atoms. The zero-order chi connectivity index (χ0) is 16.7. The first-order valence-corrected chi connectivity index (χ1v) is 8.41. The molecule has 1 heterocycles. The minimum absolute atomic E-state index is 0.00102. The molecule has 3 heteroatoms. The Kier molecular flexibility index (Phi) is 6.60. The van der Waals surface area contributed by atoms with Gasteiger partial charge in [-0.05, 0) is 18.5 Å². The largest absolute Gasteiger partial charge is 0.462 e. The van der Waals surface area contributed by atoms with Gasteiger partial charge in [0.15, 0.2) is 0 Å². The highest BCUT2D eigenvalue weighted by Gasteiger charge is 2.31. The first-order chi connectivity index (χ1) is 11.1. The quantitative estimate of drug-likeness (QED) is 0.663. The highest BCUT2D eigenvalue weighted by Crippen LogP contribution is 2.22. The van der Waals surface area contributed by atoms with E-state index in [1.165, 1.54) is 5.56 Å². The standard InChI is InChI=1S/C20H27NO2/c1-15(2)20(22)23-19-13-14-21-18(16(19)3)12-8-7-11-17-9-5-4-6-10-17/h4-12,15-16,18-19,21H,13-14H2,1-3H3/b11-7+,12-8+. The fourth-order valence-electron chi connectivity index (χ4n) is 2.68. The monoisotopic (exact) mass is 313 g/mol. The van der Waals surface area contributed by atoms with Crippen LogP contribution >= 0.6 is 0 Å².